The lowest BCUT2D eigenvalue weighted by atomic mass is 10.0. The minimum Gasteiger partial charge on any atom is -0.340 e. The molecule has 4 rings (SSSR count). The molecule has 0 aromatic carbocycles. The monoisotopic (exact) mass is 483 g/mol. The maximum Gasteiger partial charge on any atom is 0.433 e. The second kappa shape index (κ2) is 9.03. The Bertz CT molecular complexity index is 1160. The standard InChI is InChI=1S/C21H19F6N7/c1-12-4-3-9-34(11-12)19-32-17(14-5-2-6-15(30-14)20(22,23)24)31-18(33-19)29-13-7-8-28-16(10-13)21(25,26)27/h2,5-8,10,12H,3-4,9,11H2,1H3,(H,28,29,31,32,33). The van der Waals surface area contributed by atoms with E-state index in [0.717, 1.165) is 31.2 Å². The maximum atomic E-state index is 13.2. The molecule has 1 N–H and O–H groups in total. The molecule has 3 aromatic heterocycles. The molecule has 0 saturated carbocycles. The van der Waals surface area contributed by atoms with E-state index >= 15 is 0 Å². The lowest BCUT2D eigenvalue weighted by Gasteiger charge is -2.31. The molecule has 1 unspecified atom stereocenters. The summed E-state index contributed by atoms with van der Waals surface area (Å²) in [5.41, 5.74) is -2.36. The number of nitrogens with zero attached hydrogens (tertiary/aromatic N) is 6. The van der Waals surface area contributed by atoms with E-state index in [1.165, 1.54) is 18.2 Å². The van der Waals surface area contributed by atoms with Crippen molar-refractivity contribution in [3.63, 3.8) is 0 Å². The van der Waals surface area contributed by atoms with Crippen LogP contribution in [-0.4, -0.2) is 38.0 Å². The summed E-state index contributed by atoms with van der Waals surface area (Å²) in [4.78, 5) is 21.6. The topological polar surface area (TPSA) is 79.7 Å². The zero-order chi connectivity index (χ0) is 24.5. The van der Waals surface area contributed by atoms with Gasteiger partial charge in [0.1, 0.15) is 17.1 Å². The Kier molecular flexibility index (Phi) is 6.28. The normalized spacial score (nSPS) is 17.0. The highest BCUT2D eigenvalue weighted by Gasteiger charge is 2.33. The van der Waals surface area contributed by atoms with E-state index in [1.54, 1.807) is 0 Å². The van der Waals surface area contributed by atoms with Crippen LogP contribution in [0.2, 0.25) is 0 Å². The van der Waals surface area contributed by atoms with Crippen LogP contribution < -0.4 is 10.2 Å². The van der Waals surface area contributed by atoms with Gasteiger partial charge in [0.2, 0.25) is 11.9 Å². The fraction of sp³-hybridized carbons (Fsp3) is 0.381. The highest BCUT2D eigenvalue weighted by atomic mass is 19.4. The Hall–Kier alpha value is -3.51. The van der Waals surface area contributed by atoms with Crippen molar-refractivity contribution in [1.29, 1.82) is 0 Å². The number of pyridine rings is 2. The number of halogens is 6. The SMILES string of the molecule is CC1CCCN(c2nc(Nc3ccnc(C(F)(F)F)c3)nc(-c3cccc(C(F)(F)F)n3)n2)C1. The van der Waals surface area contributed by atoms with Crippen molar-refractivity contribution in [2.24, 2.45) is 5.92 Å². The van der Waals surface area contributed by atoms with Gasteiger partial charge < -0.3 is 10.2 Å². The van der Waals surface area contributed by atoms with E-state index in [0.29, 0.717) is 19.0 Å². The third-order valence-corrected chi connectivity index (χ3v) is 5.14. The van der Waals surface area contributed by atoms with Gasteiger partial charge in [0.05, 0.1) is 0 Å². The molecule has 13 heteroatoms. The van der Waals surface area contributed by atoms with E-state index in [-0.39, 0.29) is 29.1 Å². The first-order chi connectivity index (χ1) is 16.0. The smallest absolute Gasteiger partial charge is 0.340 e. The van der Waals surface area contributed by atoms with Crippen molar-refractivity contribution < 1.29 is 26.3 Å². The zero-order valence-corrected chi connectivity index (χ0v) is 17.8. The van der Waals surface area contributed by atoms with Crippen LogP contribution in [0.5, 0.6) is 0 Å². The van der Waals surface area contributed by atoms with Crippen LogP contribution in [0.4, 0.5) is 43.9 Å². The molecule has 0 aliphatic carbocycles. The number of alkyl halides is 6. The highest BCUT2D eigenvalue weighted by Crippen LogP contribution is 2.31. The van der Waals surface area contributed by atoms with Crippen LogP contribution >= 0.6 is 0 Å². The fourth-order valence-electron chi connectivity index (χ4n) is 3.56. The number of piperidine rings is 1. The predicted octanol–water partition coefficient (Wildman–Crippen LogP) is 5.35. The number of nitrogens with one attached hydrogen (secondary N) is 1. The Morgan fingerprint density at radius 3 is 2.41 bits per heavy atom. The molecule has 180 valence electrons. The van der Waals surface area contributed by atoms with E-state index in [9.17, 15) is 26.3 Å². The molecule has 0 radical (unpaired) electrons. The fourth-order valence-corrected chi connectivity index (χ4v) is 3.56. The highest BCUT2D eigenvalue weighted by molar-refractivity contribution is 5.59. The van der Waals surface area contributed by atoms with Crippen molar-refractivity contribution in [3.8, 4) is 11.5 Å². The van der Waals surface area contributed by atoms with Crippen LogP contribution in [0.15, 0.2) is 36.5 Å². The van der Waals surface area contributed by atoms with Gasteiger partial charge in [-0.25, -0.2) is 4.98 Å². The van der Waals surface area contributed by atoms with Crippen molar-refractivity contribution in [3.05, 3.63) is 47.9 Å². The summed E-state index contributed by atoms with van der Waals surface area (Å²) in [6.45, 7) is 3.29. The average molecular weight is 483 g/mol. The van der Waals surface area contributed by atoms with E-state index in [4.69, 9.17) is 0 Å². The summed E-state index contributed by atoms with van der Waals surface area (Å²) < 4.78 is 78.6. The summed E-state index contributed by atoms with van der Waals surface area (Å²) in [5.74, 6) is 0.272. The molecule has 1 atom stereocenters. The molecule has 3 aromatic rings. The second-order valence-electron chi connectivity index (χ2n) is 7.93. The van der Waals surface area contributed by atoms with E-state index in [1.807, 2.05) is 4.90 Å². The summed E-state index contributed by atoms with van der Waals surface area (Å²) in [6.07, 6.45) is -6.47. The first-order valence-corrected chi connectivity index (χ1v) is 10.3. The van der Waals surface area contributed by atoms with E-state index < -0.39 is 23.7 Å². The minimum atomic E-state index is -4.67. The minimum absolute atomic E-state index is 0.00874. The van der Waals surface area contributed by atoms with Gasteiger partial charge in [0.15, 0.2) is 5.82 Å². The molecule has 1 fully saturated rings. The first kappa shape index (κ1) is 23.6. The Morgan fingerprint density at radius 1 is 0.941 bits per heavy atom. The number of rotatable bonds is 4. The molecule has 4 heterocycles. The van der Waals surface area contributed by atoms with Gasteiger partial charge in [0, 0.05) is 25.0 Å². The van der Waals surface area contributed by atoms with Gasteiger partial charge in [-0.1, -0.05) is 13.0 Å². The molecule has 1 aliphatic heterocycles. The average Bonchev–Trinajstić information content (AvgIpc) is 2.78. The molecule has 0 spiro atoms. The van der Waals surface area contributed by atoms with E-state index in [2.05, 4.69) is 37.2 Å². The Morgan fingerprint density at radius 2 is 1.71 bits per heavy atom. The first-order valence-electron chi connectivity index (χ1n) is 10.3. The third kappa shape index (κ3) is 5.51. The molecule has 34 heavy (non-hydrogen) atoms. The maximum absolute atomic E-state index is 13.2. The van der Waals surface area contributed by atoms with Crippen LogP contribution in [0.1, 0.15) is 31.2 Å². The summed E-state index contributed by atoms with van der Waals surface area (Å²) >= 11 is 0. The number of aromatic nitrogens is 5. The quantitative estimate of drug-likeness (QED) is 0.502. The lowest BCUT2D eigenvalue weighted by Crippen LogP contribution is -2.35. The van der Waals surface area contributed by atoms with Crippen molar-refractivity contribution in [2.45, 2.75) is 32.1 Å². The van der Waals surface area contributed by atoms with Crippen molar-refractivity contribution in [1.82, 2.24) is 24.9 Å². The van der Waals surface area contributed by atoms with Crippen molar-refractivity contribution in [2.75, 3.05) is 23.3 Å². The molecule has 1 saturated heterocycles. The molecular weight excluding hydrogens is 464 g/mol. The third-order valence-electron chi connectivity index (χ3n) is 5.14. The largest absolute Gasteiger partial charge is 0.433 e. The molecule has 7 nitrogen and oxygen atoms in total. The van der Waals surface area contributed by atoms with Crippen LogP contribution in [-0.2, 0) is 12.4 Å². The van der Waals surface area contributed by atoms with Gasteiger partial charge >= 0.3 is 12.4 Å². The lowest BCUT2D eigenvalue weighted by molar-refractivity contribution is -0.141. The number of anilines is 3. The Balaban J connectivity index is 1.75. The summed E-state index contributed by atoms with van der Waals surface area (Å²) in [7, 11) is 0. The molecule has 0 amide bonds. The summed E-state index contributed by atoms with van der Waals surface area (Å²) in [6, 6.07) is 5.42. The van der Waals surface area contributed by atoms with Gasteiger partial charge in [-0.15, -0.1) is 0 Å². The van der Waals surface area contributed by atoms with Gasteiger partial charge in [-0.3, -0.25) is 4.98 Å². The number of hydrogen-bond donors (Lipinski definition) is 1. The van der Waals surface area contributed by atoms with Gasteiger partial charge in [-0.05, 0) is 43.0 Å². The van der Waals surface area contributed by atoms with Crippen LogP contribution in [0.25, 0.3) is 11.5 Å². The zero-order valence-electron chi connectivity index (χ0n) is 17.8. The van der Waals surface area contributed by atoms with Gasteiger partial charge in [0.25, 0.3) is 0 Å². The second-order valence-corrected chi connectivity index (χ2v) is 7.93. The van der Waals surface area contributed by atoms with Gasteiger partial charge in [-0.2, -0.15) is 41.3 Å². The van der Waals surface area contributed by atoms with Crippen molar-refractivity contribution >= 4 is 17.6 Å². The molecule has 1 aliphatic rings. The van der Waals surface area contributed by atoms with Crippen LogP contribution in [0.3, 0.4) is 0 Å². The molecule has 0 bridgehead atoms. The van der Waals surface area contributed by atoms with Crippen LogP contribution in [0, 0.1) is 5.92 Å². The predicted molar refractivity (Wildman–Crippen MR) is 111 cm³/mol. The Labute approximate surface area is 190 Å². The molecular formula is C21H19F6N7. The number of hydrogen-bond acceptors (Lipinski definition) is 7. The summed E-state index contributed by atoms with van der Waals surface area (Å²) in [5, 5.41) is 2.68.